The second-order valence-corrected chi connectivity index (χ2v) is 5.70. The van der Waals surface area contributed by atoms with Gasteiger partial charge in [-0.25, -0.2) is 0 Å². The van der Waals surface area contributed by atoms with Crippen molar-refractivity contribution in [3.8, 4) is 0 Å². The number of aliphatic hydroxyl groups excluding tert-OH is 4. The second kappa shape index (κ2) is 6.16. The van der Waals surface area contributed by atoms with Crippen molar-refractivity contribution in [2.24, 2.45) is 0 Å². The monoisotopic (exact) mass is 320 g/mol. The molecular weight excluding hydrogens is 300 g/mol. The average Bonchev–Trinajstić information content (AvgIpc) is 2.60. The highest BCUT2D eigenvalue weighted by molar-refractivity contribution is 5.83. The van der Waals surface area contributed by atoms with Crippen LogP contribution in [0.3, 0.4) is 0 Å². The van der Waals surface area contributed by atoms with Crippen molar-refractivity contribution in [1.82, 2.24) is 0 Å². The molecule has 5 atom stereocenters. The van der Waals surface area contributed by atoms with Gasteiger partial charge in [-0.05, 0) is 16.8 Å². The molecule has 4 N–H and O–H groups in total. The molecule has 2 aromatic rings. The van der Waals surface area contributed by atoms with Crippen LogP contribution in [0, 0.1) is 0 Å². The summed E-state index contributed by atoms with van der Waals surface area (Å²) in [5, 5.41) is 41.8. The summed E-state index contributed by atoms with van der Waals surface area (Å²) >= 11 is 0. The predicted octanol–water partition coefficient (Wildman–Crippen LogP) is 0.113. The summed E-state index contributed by atoms with van der Waals surface area (Å²) in [6.45, 7) is -0.510. The largest absolute Gasteiger partial charge is 0.394 e. The van der Waals surface area contributed by atoms with Gasteiger partial charge in [0.1, 0.15) is 24.4 Å². The van der Waals surface area contributed by atoms with E-state index >= 15 is 0 Å². The Hall–Kier alpha value is -1.54. The predicted molar refractivity (Wildman–Crippen MR) is 82.6 cm³/mol. The third-order valence-electron chi connectivity index (χ3n) is 4.41. The van der Waals surface area contributed by atoms with Gasteiger partial charge in [0.05, 0.1) is 6.61 Å². The first-order valence-corrected chi connectivity index (χ1v) is 7.41. The molecule has 0 saturated carbocycles. The van der Waals surface area contributed by atoms with Crippen molar-refractivity contribution >= 4 is 10.8 Å². The van der Waals surface area contributed by atoms with Gasteiger partial charge in [0.15, 0.2) is 0 Å². The lowest BCUT2D eigenvalue weighted by atomic mass is 9.87. The standard InChI is InChI=1S/C17H20O6/c1-22-17(16(21)15(20)14(19)13(9-18)23-17)12-7-6-10-4-2-3-5-11(10)8-12/h2-8,13-16,18-21H,9H2,1H3/t13-,14-,15+,16-,17+/m1/s1. The van der Waals surface area contributed by atoms with E-state index in [1.54, 1.807) is 12.1 Å². The number of ether oxygens (including phenoxy) is 2. The molecule has 1 saturated heterocycles. The summed E-state index contributed by atoms with van der Waals surface area (Å²) < 4.78 is 11.1. The maximum atomic E-state index is 10.5. The number of benzene rings is 2. The van der Waals surface area contributed by atoms with Crippen LogP contribution in [0.2, 0.25) is 0 Å². The highest BCUT2D eigenvalue weighted by Crippen LogP contribution is 2.40. The molecule has 0 radical (unpaired) electrons. The van der Waals surface area contributed by atoms with Crippen LogP contribution in [0.15, 0.2) is 42.5 Å². The Labute approximate surface area is 133 Å². The van der Waals surface area contributed by atoms with Crippen LogP contribution in [-0.2, 0) is 15.3 Å². The van der Waals surface area contributed by atoms with Gasteiger partial charge in [0, 0.05) is 12.7 Å². The lowest BCUT2D eigenvalue weighted by Gasteiger charge is -2.47. The van der Waals surface area contributed by atoms with E-state index in [1.165, 1.54) is 7.11 Å². The Bertz CT molecular complexity index is 688. The zero-order valence-corrected chi connectivity index (χ0v) is 12.7. The Morgan fingerprint density at radius 1 is 1.04 bits per heavy atom. The third kappa shape index (κ3) is 2.53. The number of hydrogen-bond donors (Lipinski definition) is 4. The van der Waals surface area contributed by atoms with E-state index in [9.17, 15) is 20.4 Å². The summed E-state index contributed by atoms with van der Waals surface area (Å²) in [6, 6.07) is 13.0. The minimum Gasteiger partial charge on any atom is -0.394 e. The fraction of sp³-hybridized carbons (Fsp3) is 0.412. The topological polar surface area (TPSA) is 99.4 Å². The normalized spacial score (nSPS) is 34.7. The summed E-state index contributed by atoms with van der Waals surface area (Å²) in [7, 11) is 1.34. The zero-order valence-electron chi connectivity index (χ0n) is 12.7. The Morgan fingerprint density at radius 2 is 1.74 bits per heavy atom. The summed E-state index contributed by atoms with van der Waals surface area (Å²) in [6.07, 6.45) is -5.49. The molecule has 1 aliphatic rings. The van der Waals surface area contributed by atoms with Gasteiger partial charge in [-0.2, -0.15) is 0 Å². The molecule has 3 rings (SSSR count). The van der Waals surface area contributed by atoms with Crippen molar-refractivity contribution in [2.75, 3.05) is 13.7 Å². The van der Waals surface area contributed by atoms with Crippen LogP contribution in [0.1, 0.15) is 5.56 Å². The van der Waals surface area contributed by atoms with Crippen LogP contribution < -0.4 is 0 Å². The van der Waals surface area contributed by atoms with E-state index < -0.39 is 36.8 Å². The highest BCUT2D eigenvalue weighted by atomic mass is 16.7. The number of rotatable bonds is 3. The van der Waals surface area contributed by atoms with Crippen LogP contribution in [0.4, 0.5) is 0 Å². The minimum absolute atomic E-state index is 0.496. The fourth-order valence-electron chi connectivity index (χ4n) is 3.07. The first-order chi connectivity index (χ1) is 11.0. The smallest absolute Gasteiger partial charge is 0.224 e. The first kappa shape index (κ1) is 16.3. The van der Waals surface area contributed by atoms with Crippen molar-refractivity contribution in [1.29, 1.82) is 0 Å². The lowest BCUT2D eigenvalue weighted by molar-refractivity contribution is -0.366. The van der Waals surface area contributed by atoms with Gasteiger partial charge in [0.2, 0.25) is 5.79 Å². The molecule has 1 fully saturated rings. The molecule has 2 aromatic carbocycles. The molecule has 0 aliphatic carbocycles. The van der Waals surface area contributed by atoms with Gasteiger partial charge in [-0.1, -0.05) is 36.4 Å². The van der Waals surface area contributed by atoms with Crippen LogP contribution in [0.25, 0.3) is 10.8 Å². The molecular formula is C17H20O6. The molecule has 1 aliphatic heterocycles. The quantitative estimate of drug-likeness (QED) is 0.641. The SMILES string of the molecule is CO[C@@]1(c2ccc3ccccc3c2)O[C@H](CO)[C@@H](O)[C@H](O)[C@H]1O. The summed E-state index contributed by atoms with van der Waals surface area (Å²) in [5.74, 6) is -1.67. The van der Waals surface area contributed by atoms with Crippen LogP contribution >= 0.6 is 0 Å². The molecule has 23 heavy (non-hydrogen) atoms. The molecule has 0 bridgehead atoms. The van der Waals surface area contributed by atoms with Gasteiger partial charge in [0.25, 0.3) is 0 Å². The molecule has 1 heterocycles. The van der Waals surface area contributed by atoms with Crippen molar-refractivity contribution < 1.29 is 29.9 Å². The van der Waals surface area contributed by atoms with Crippen molar-refractivity contribution in [3.63, 3.8) is 0 Å². The molecule has 6 nitrogen and oxygen atoms in total. The van der Waals surface area contributed by atoms with Gasteiger partial charge in [-0.3, -0.25) is 0 Å². The van der Waals surface area contributed by atoms with Crippen LogP contribution in [0.5, 0.6) is 0 Å². The number of aliphatic hydroxyl groups is 4. The first-order valence-electron chi connectivity index (χ1n) is 7.41. The van der Waals surface area contributed by atoms with E-state index in [4.69, 9.17) is 9.47 Å². The maximum absolute atomic E-state index is 10.5. The van der Waals surface area contributed by atoms with E-state index in [0.717, 1.165) is 10.8 Å². The van der Waals surface area contributed by atoms with Crippen molar-refractivity contribution in [3.05, 3.63) is 48.0 Å². The molecule has 6 heteroatoms. The fourth-order valence-corrected chi connectivity index (χ4v) is 3.07. The number of fused-ring (bicyclic) bond motifs is 1. The van der Waals surface area contributed by atoms with E-state index in [0.29, 0.717) is 5.56 Å². The average molecular weight is 320 g/mol. The second-order valence-electron chi connectivity index (χ2n) is 5.70. The van der Waals surface area contributed by atoms with E-state index in [-0.39, 0.29) is 0 Å². The number of methoxy groups -OCH3 is 1. The lowest BCUT2D eigenvalue weighted by Crippen LogP contribution is -2.64. The number of hydrogen-bond acceptors (Lipinski definition) is 6. The molecule has 0 amide bonds. The molecule has 0 unspecified atom stereocenters. The molecule has 0 spiro atoms. The Balaban J connectivity index is 2.10. The van der Waals surface area contributed by atoms with Crippen molar-refractivity contribution in [2.45, 2.75) is 30.2 Å². The van der Waals surface area contributed by atoms with E-state index in [2.05, 4.69) is 0 Å². The minimum atomic E-state index is -1.67. The highest BCUT2D eigenvalue weighted by Gasteiger charge is 2.55. The van der Waals surface area contributed by atoms with Gasteiger partial charge in [-0.15, -0.1) is 0 Å². The Kier molecular flexibility index (Phi) is 4.37. The van der Waals surface area contributed by atoms with E-state index in [1.807, 2.05) is 30.3 Å². The third-order valence-corrected chi connectivity index (χ3v) is 4.41. The Morgan fingerprint density at radius 3 is 2.39 bits per heavy atom. The van der Waals surface area contributed by atoms with Crippen LogP contribution in [-0.4, -0.2) is 58.6 Å². The molecule has 124 valence electrons. The molecule has 0 aromatic heterocycles. The van der Waals surface area contributed by atoms with Gasteiger partial charge < -0.3 is 29.9 Å². The zero-order chi connectivity index (χ0) is 16.6. The summed E-state index contributed by atoms with van der Waals surface area (Å²) in [4.78, 5) is 0. The summed E-state index contributed by atoms with van der Waals surface area (Å²) in [5.41, 5.74) is 0.496. The van der Waals surface area contributed by atoms with Gasteiger partial charge >= 0.3 is 0 Å². The maximum Gasteiger partial charge on any atom is 0.224 e.